The largest absolute Gasteiger partial charge is 0.416 e. The Bertz CT molecular complexity index is 572. The van der Waals surface area contributed by atoms with Crippen LogP contribution < -0.4 is 10.2 Å². The van der Waals surface area contributed by atoms with Gasteiger partial charge in [-0.2, -0.15) is 13.2 Å². The fourth-order valence-corrected chi connectivity index (χ4v) is 2.33. The summed E-state index contributed by atoms with van der Waals surface area (Å²) in [6.07, 6.45) is -2.79. The van der Waals surface area contributed by atoms with Crippen molar-refractivity contribution in [3.63, 3.8) is 0 Å². The molecule has 1 aromatic rings. The lowest BCUT2D eigenvalue weighted by Crippen LogP contribution is -2.39. The van der Waals surface area contributed by atoms with Crippen molar-refractivity contribution in [1.29, 1.82) is 0 Å². The maximum Gasteiger partial charge on any atom is 0.416 e. The molecule has 8 heteroatoms. The molecule has 2 amide bonds. The van der Waals surface area contributed by atoms with Crippen molar-refractivity contribution in [2.45, 2.75) is 25.1 Å². The summed E-state index contributed by atoms with van der Waals surface area (Å²) in [7, 11) is 3.37. The van der Waals surface area contributed by atoms with Crippen molar-refractivity contribution >= 4 is 17.4 Å². The molecule has 5 nitrogen and oxygen atoms in total. The van der Waals surface area contributed by atoms with Gasteiger partial charge in [-0.3, -0.25) is 0 Å². The molecule has 1 aliphatic rings. The van der Waals surface area contributed by atoms with Gasteiger partial charge >= 0.3 is 12.2 Å². The smallest absolute Gasteiger partial charge is 0.395 e. The number of carbonyl (C=O) groups excluding carboxylic acids is 1. The van der Waals surface area contributed by atoms with Crippen LogP contribution in [-0.2, 0) is 6.18 Å². The number of carbonyl (C=O) groups is 1. The zero-order valence-electron chi connectivity index (χ0n) is 13.0. The van der Waals surface area contributed by atoms with Crippen LogP contribution in [0.2, 0.25) is 0 Å². The van der Waals surface area contributed by atoms with Gasteiger partial charge in [-0.05, 0) is 31.0 Å². The third-order valence-electron chi connectivity index (χ3n) is 3.64. The number of hydrogen-bond donors (Lipinski definition) is 2. The van der Waals surface area contributed by atoms with Gasteiger partial charge in [0.1, 0.15) is 0 Å². The highest BCUT2D eigenvalue weighted by Crippen LogP contribution is 2.35. The minimum absolute atomic E-state index is 0.0516. The van der Waals surface area contributed by atoms with Gasteiger partial charge in [0.25, 0.3) is 0 Å². The van der Waals surface area contributed by atoms with Crippen molar-refractivity contribution in [1.82, 2.24) is 4.90 Å². The molecule has 0 unspecified atom stereocenters. The van der Waals surface area contributed by atoms with Gasteiger partial charge in [-0.1, -0.05) is 0 Å². The summed E-state index contributed by atoms with van der Waals surface area (Å²) in [6.45, 7) is -0.0280. The minimum Gasteiger partial charge on any atom is -0.395 e. The van der Waals surface area contributed by atoms with E-state index in [0.717, 1.165) is 25.0 Å². The molecular formula is C15H20F3N3O2. The maximum absolute atomic E-state index is 12.9. The average molecular weight is 331 g/mol. The van der Waals surface area contributed by atoms with Crippen molar-refractivity contribution in [3.8, 4) is 0 Å². The third kappa shape index (κ3) is 4.28. The van der Waals surface area contributed by atoms with Gasteiger partial charge in [-0.15, -0.1) is 0 Å². The van der Waals surface area contributed by atoms with E-state index in [1.54, 1.807) is 19.0 Å². The van der Waals surface area contributed by atoms with Crippen LogP contribution in [-0.4, -0.2) is 49.3 Å². The van der Waals surface area contributed by atoms with Crippen molar-refractivity contribution in [3.05, 3.63) is 23.8 Å². The fourth-order valence-electron chi connectivity index (χ4n) is 2.33. The predicted octanol–water partition coefficient (Wildman–Crippen LogP) is 2.76. The van der Waals surface area contributed by atoms with Crippen molar-refractivity contribution in [2.75, 3.05) is 37.5 Å². The van der Waals surface area contributed by atoms with Crippen LogP contribution in [0.5, 0.6) is 0 Å². The van der Waals surface area contributed by atoms with E-state index in [1.807, 2.05) is 0 Å². The monoisotopic (exact) mass is 331 g/mol. The number of benzene rings is 1. The van der Waals surface area contributed by atoms with E-state index < -0.39 is 17.8 Å². The van der Waals surface area contributed by atoms with Gasteiger partial charge in [0.15, 0.2) is 0 Å². The Balaban J connectivity index is 2.26. The Morgan fingerprint density at radius 3 is 2.48 bits per heavy atom. The Morgan fingerprint density at radius 1 is 1.35 bits per heavy atom. The number of rotatable bonds is 5. The maximum atomic E-state index is 12.9. The molecule has 1 aromatic carbocycles. The number of urea groups is 1. The molecule has 0 saturated heterocycles. The van der Waals surface area contributed by atoms with E-state index >= 15 is 0 Å². The normalized spacial score (nSPS) is 14.5. The number of aliphatic hydroxyl groups is 1. The molecule has 0 heterocycles. The number of anilines is 2. The molecule has 128 valence electrons. The molecule has 0 radical (unpaired) electrons. The number of hydrogen-bond acceptors (Lipinski definition) is 3. The first-order chi connectivity index (χ1) is 10.7. The number of aliphatic hydroxyl groups excluding tert-OH is 1. The van der Waals surface area contributed by atoms with Gasteiger partial charge < -0.3 is 20.2 Å². The van der Waals surface area contributed by atoms with Crippen molar-refractivity contribution in [2.24, 2.45) is 0 Å². The van der Waals surface area contributed by atoms with Crippen molar-refractivity contribution < 1.29 is 23.1 Å². The summed E-state index contributed by atoms with van der Waals surface area (Å²) in [5.74, 6) is 0. The molecule has 0 aromatic heterocycles. The zero-order chi connectivity index (χ0) is 17.2. The second-order valence-electron chi connectivity index (χ2n) is 5.70. The second-order valence-corrected chi connectivity index (χ2v) is 5.70. The minimum atomic E-state index is -4.48. The van der Waals surface area contributed by atoms with Crippen LogP contribution >= 0.6 is 0 Å². The molecule has 2 rings (SSSR count). The Labute approximate surface area is 132 Å². The quantitative estimate of drug-likeness (QED) is 0.872. The summed E-state index contributed by atoms with van der Waals surface area (Å²) >= 11 is 0. The number of alkyl halides is 3. The van der Waals surface area contributed by atoms with E-state index in [2.05, 4.69) is 5.32 Å². The standard InChI is InChI=1S/C15H20F3N3O2/c1-20(2)13-6-3-10(15(16,17)18)9-12(13)19-14(23)21(7-8-22)11-4-5-11/h3,6,9,11,22H,4-5,7-8H2,1-2H3,(H,19,23). The number of amides is 2. The SMILES string of the molecule is CN(C)c1ccc(C(F)(F)F)cc1NC(=O)N(CCO)C1CC1. The first kappa shape index (κ1) is 17.4. The highest BCUT2D eigenvalue weighted by atomic mass is 19.4. The molecular weight excluding hydrogens is 311 g/mol. The van der Waals surface area contributed by atoms with Crippen LogP contribution in [0.25, 0.3) is 0 Å². The summed E-state index contributed by atoms with van der Waals surface area (Å²) in [4.78, 5) is 15.4. The molecule has 0 bridgehead atoms. The highest BCUT2D eigenvalue weighted by molar-refractivity contribution is 5.93. The molecule has 1 saturated carbocycles. The number of nitrogens with zero attached hydrogens (tertiary/aromatic N) is 2. The topological polar surface area (TPSA) is 55.8 Å². The molecule has 0 aliphatic heterocycles. The lowest BCUT2D eigenvalue weighted by molar-refractivity contribution is -0.137. The van der Waals surface area contributed by atoms with Crippen LogP contribution in [0.3, 0.4) is 0 Å². The van der Waals surface area contributed by atoms with Crippen LogP contribution in [0, 0.1) is 0 Å². The number of halogens is 3. The molecule has 0 spiro atoms. The third-order valence-corrected chi connectivity index (χ3v) is 3.64. The average Bonchev–Trinajstić information content (AvgIpc) is 3.27. The van der Waals surface area contributed by atoms with E-state index in [1.165, 1.54) is 11.0 Å². The first-order valence-corrected chi connectivity index (χ1v) is 7.31. The molecule has 0 atom stereocenters. The second kappa shape index (κ2) is 6.66. The van der Waals surface area contributed by atoms with Gasteiger partial charge in [0.05, 0.1) is 23.5 Å². The van der Waals surface area contributed by atoms with E-state index in [0.29, 0.717) is 5.69 Å². The number of nitrogens with one attached hydrogen (secondary N) is 1. The van der Waals surface area contributed by atoms with Gasteiger partial charge in [0, 0.05) is 26.7 Å². The highest BCUT2D eigenvalue weighted by Gasteiger charge is 2.34. The Morgan fingerprint density at radius 2 is 2.00 bits per heavy atom. The lowest BCUT2D eigenvalue weighted by Gasteiger charge is -2.24. The predicted molar refractivity (Wildman–Crippen MR) is 81.6 cm³/mol. The van der Waals surface area contributed by atoms with Crippen LogP contribution in [0.1, 0.15) is 18.4 Å². The van der Waals surface area contributed by atoms with Crippen LogP contribution in [0.15, 0.2) is 18.2 Å². The fraction of sp³-hybridized carbons (Fsp3) is 0.533. The Hall–Kier alpha value is -1.96. The van der Waals surface area contributed by atoms with Crippen LogP contribution in [0.4, 0.5) is 29.3 Å². The summed E-state index contributed by atoms with van der Waals surface area (Å²) in [5, 5.41) is 11.6. The molecule has 23 heavy (non-hydrogen) atoms. The van der Waals surface area contributed by atoms with Gasteiger partial charge in [0.2, 0.25) is 0 Å². The first-order valence-electron chi connectivity index (χ1n) is 7.31. The summed E-state index contributed by atoms with van der Waals surface area (Å²) in [6, 6.07) is 2.79. The molecule has 2 N–H and O–H groups in total. The van der Waals surface area contributed by atoms with Gasteiger partial charge in [-0.25, -0.2) is 4.79 Å². The van der Waals surface area contributed by atoms with E-state index in [9.17, 15) is 18.0 Å². The van der Waals surface area contributed by atoms with E-state index in [4.69, 9.17) is 5.11 Å². The zero-order valence-corrected chi connectivity index (χ0v) is 13.0. The van der Waals surface area contributed by atoms with E-state index in [-0.39, 0.29) is 24.9 Å². The summed E-state index contributed by atoms with van der Waals surface area (Å²) < 4.78 is 38.7. The Kier molecular flexibility index (Phi) is 5.03. The lowest BCUT2D eigenvalue weighted by atomic mass is 10.1. The summed E-state index contributed by atoms with van der Waals surface area (Å²) in [5.41, 5.74) is -0.247. The molecule has 1 fully saturated rings. The molecule has 1 aliphatic carbocycles.